The van der Waals surface area contributed by atoms with E-state index in [9.17, 15) is 4.79 Å². The van der Waals surface area contributed by atoms with Gasteiger partial charge in [-0.2, -0.15) is 5.10 Å². The van der Waals surface area contributed by atoms with Crippen LogP contribution in [-0.4, -0.2) is 44.4 Å². The molecule has 1 saturated heterocycles. The number of likely N-dealkylation sites (N-methyl/N-ethyl adjacent to an activating group) is 1. The fourth-order valence-electron chi connectivity index (χ4n) is 1.41. The predicted octanol–water partition coefficient (Wildman–Crippen LogP) is 2.35. The highest BCUT2D eigenvalue weighted by molar-refractivity contribution is 8.40. The first-order valence-corrected chi connectivity index (χ1v) is 8.17. The lowest BCUT2D eigenvalue weighted by molar-refractivity contribution is -0.122. The van der Waals surface area contributed by atoms with E-state index in [1.54, 1.807) is 21.7 Å². The van der Waals surface area contributed by atoms with Crippen LogP contribution in [0.1, 0.15) is 6.92 Å². The number of rotatable bonds is 1. The standard InChI is InChI=1S/C9H11N3OS4/c1-4-12-6(13)5(16-9(12)14)7-11(2)10-8(15-3)17-7/h4H2,1-3H3. The summed E-state index contributed by atoms with van der Waals surface area (Å²) in [6.45, 7) is 2.54. The molecule has 0 aliphatic carbocycles. The first kappa shape index (κ1) is 13.3. The third-order valence-corrected chi connectivity index (χ3v) is 5.91. The molecule has 0 aromatic carbocycles. The summed E-state index contributed by atoms with van der Waals surface area (Å²) in [6.07, 6.45) is 1.97. The second-order valence-corrected chi connectivity index (χ2v) is 6.92. The van der Waals surface area contributed by atoms with Gasteiger partial charge in [-0.1, -0.05) is 24.0 Å². The van der Waals surface area contributed by atoms with Crippen LogP contribution in [0, 0.1) is 0 Å². The maximum atomic E-state index is 12.1. The van der Waals surface area contributed by atoms with Gasteiger partial charge in [0.2, 0.25) is 0 Å². The van der Waals surface area contributed by atoms with Gasteiger partial charge < -0.3 is 0 Å². The number of hydrogen-bond donors (Lipinski definition) is 0. The molecule has 0 atom stereocenters. The monoisotopic (exact) mass is 305 g/mol. The molecule has 0 bridgehead atoms. The zero-order valence-electron chi connectivity index (χ0n) is 9.59. The van der Waals surface area contributed by atoms with Gasteiger partial charge in [-0.25, -0.2) is 0 Å². The van der Waals surface area contributed by atoms with E-state index in [0.29, 0.717) is 15.8 Å². The number of hydrogen-bond acceptors (Lipinski definition) is 7. The Morgan fingerprint density at radius 3 is 2.65 bits per heavy atom. The molecule has 1 amide bonds. The Labute approximate surface area is 118 Å². The van der Waals surface area contributed by atoms with Crippen LogP contribution in [0.15, 0.2) is 15.0 Å². The summed E-state index contributed by atoms with van der Waals surface area (Å²) >= 11 is 9.65. The number of amides is 1. The van der Waals surface area contributed by atoms with Crippen LogP contribution in [0.4, 0.5) is 0 Å². The Kier molecular flexibility index (Phi) is 4.06. The molecule has 0 radical (unpaired) electrons. The normalized spacial score (nSPS) is 25.0. The number of carbonyl (C=O) groups is 1. The van der Waals surface area contributed by atoms with Crippen LogP contribution in [0.2, 0.25) is 0 Å². The van der Waals surface area contributed by atoms with Crippen LogP contribution in [0.3, 0.4) is 0 Å². The molecule has 4 nitrogen and oxygen atoms in total. The lowest BCUT2D eigenvalue weighted by Crippen LogP contribution is -2.27. The summed E-state index contributed by atoms with van der Waals surface area (Å²) in [5, 5.41) is 6.96. The minimum atomic E-state index is -0.00518. The average Bonchev–Trinajstić information content (AvgIpc) is 2.80. The lowest BCUT2D eigenvalue weighted by atomic mass is 10.5. The molecule has 2 aliphatic rings. The molecule has 1 fully saturated rings. The van der Waals surface area contributed by atoms with E-state index in [4.69, 9.17) is 12.2 Å². The summed E-state index contributed by atoms with van der Waals surface area (Å²) in [5.74, 6) is -0.00518. The van der Waals surface area contributed by atoms with E-state index in [2.05, 4.69) is 5.10 Å². The van der Waals surface area contributed by atoms with Crippen molar-refractivity contribution in [2.24, 2.45) is 5.10 Å². The Morgan fingerprint density at radius 2 is 2.18 bits per heavy atom. The lowest BCUT2D eigenvalue weighted by Gasteiger charge is -2.11. The topological polar surface area (TPSA) is 35.9 Å². The van der Waals surface area contributed by atoms with Crippen LogP contribution >= 0.6 is 47.5 Å². The van der Waals surface area contributed by atoms with Gasteiger partial charge in [0, 0.05) is 13.6 Å². The minimum Gasteiger partial charge on any atom is -0.293 e. The van der Waals surface area contributed by atoms with Crippen LogP contribution in [0.5, 0.6) is 0 Å². The van der Waals surface area contributed by atoms with Crippen LogP contribution in [0.25, 0.3) is 0 Å². The predicted molar refractivity (Wildman–Crippen MR) is 80.9 cm³/mol. The summed E-state index contributed by atoms with van der Waals surface area (Å²) in [7, 11) is 1.85. The van der Waals surface area contributed by atoms with Crippen molar-refractivity contribution < 1.29 is 4.79 Å². The Balaban J connectivity index is 2.30. The molecule has 0 aromatic rings. The van der Waals surface area contributed by atoms with Gasteiger partial charge >= 0.3 is 0 Å². The molecular formula is C9H11N3OS4. The molecule has 0 aromatic heterocycles. The first-order chi connectivity index (χ1) is 8.08. The Hall–Kier alpha value is -0.180. The average molecular weight is 305 g/mol. The van der Waals surface area contributed by atoms with E-state index < -0.39 is 0 Å². The van der Waals surface area contributed by atoms with Crippen LogP contribution in [-0.2, 0) is 4.79 Å². The Morgan fingerprint density at radius 1 is 1.47 bits per heavy atom. The highest BCUT2D eigenvalue weighted by Crippen LogP contribution is 2.42. The van der Waals surface area contributed by atoms with E-state index in [1.165, 1.54) is 23.5 Å². The van der Waals surface area contributed by atoms with Crippen molar-refractivity contribution in [3.8, 4) is 0 Å². The number of nitrogens with zero attached hydrogens (tertiary/aromatic N) is 3. The first-order valence-electron chi connectivity index (χ1n) is 4.90. The summed E-state index contributed by atoms with van der Waals surface area (Å²) < 4.78 is 1.58. The largest absolute Gasteiger partial charge is 0.293 e. The smallest absolute Gasteiger partial charge is 0.268 e. The second-order valence-electron chi connectivity index (χ2n) is 3.25. The number of thiocarbonyl (C=S) groups is 1. The van der Waals surface area contributed by atoms with Gasteiger partial charge in [0.25, 0.3) is 5.91 Å². The highest BCUT2D eigenvalue weighted by Gasteiger charge is 2.36. The molecule has 2 rings (SSSR count). The van der Waals surface area contributed by atoms with Gasteiger partial charge in [0.15, 0.2) is 4.38 Å². The van der Waals surface area contributed by atoms with Crippen molar-refractivity contribution in [2.45, 2.75) is 6.92 Å². The van der Waals surface area contributed by atoms with Gasteiger partial charge in [0.1, 0.15) is 14.3 Å². The third-order valence-electron chi connectivity index (χ3n) is 2.24. The summed E-state index contributed by atoms with van der Waals surface area (Å²) in [4.78, 5) is 14.4. The highest BCUT2D eigenvalue weighted by atomic mass is 32.2. The van der Waals surface area contributed by atoms with E-state index in [0.717, 1.165) is 9.40 Å². The maximum absolute atomic E-state index is 12.1. The zero-order chi connectivity index (χ0) is 12.6. The number of carbonyl (C=O) groups excluding carboxylic acids is 1. The molecule has 0 saturated carbocycles. The van der Waals surface area contributed by atoms with Crippen molar-refractivity contribution in [3.05, 3.63) is 9.93 Å². The molecule has 2 aliphatic heterocycles. The SMILES string of the molecule is CCN1C(=O)C(=C2SC(SC)=NN2C)SC1=S. The van der Waals surface area contributed by atoms with Crippen molar-refractivity contribution in [1.82, 2.24) is 9.91 Å². The Bertz CT molecular complexity index is 446. The summed E-state index contributed by atoms with van der Waals surface area (Å²) in [6, 6.07) is 0. The maximum Gasteiger partial charge on any atom is 0.268 e. The van der Waals surface area contributed by atoms with Crippen molar-refractivity contribution in [1.29, 1.82) is 0 Å². The second kappa shape index (κ2) is 5.21. The van der Waals surface area contributed by atoms with Crippen molar-refractivity contribution >= 4 is 62.1 Å². The van der Waals surface area contributed by atoms with E-state index in [-0.39, 0.29) is 5.91 Å². The molecular weight excluding hydrogens is 294 g/mol. The molecule has 92 valence electrons. The number of hydrazone groups is 1. The zero-order valence-corrected chi connectivity index (χ0v) is 12.9. The van der Waals surface area contributed by atoms with Gasteiger partial charge in [-0.15, -0.1) is 11.8 Å². The van der Waals surface area contributed by atoms with Crippen molar-refractivity contribution in [2.75, 3.05) is 19.8 Å². The fourth-order valence-corrected chi connectivity index (χ4v) is 4.49. The van der Waals surface area contributed by atoms with Crippen molar-refractivity contribution in [3.63, 3.8) is 0 Å². The van der Waals surface area contributed by atoms with Gasteiger partial charge in [-0.3, -0.25) is 14.7 Å². The fraction of sp³-hybridized carbons (Fsp3) is 0.444. The quantitative estimate of drug-likeness (QED) is 0.547. The molecule has 2 heterocycles. The van der Waals surface area contributed by atoms with Gasteiger partial charge in [-0.05, 0) is 24.9 Å². The molecule has 17 heavy (non-hydrogen) atoms. The van der Waals surface area contributed by atoms with E-state index in [1.807, 2.05) is 20.2 Å². The molecule has 0 N–H and O–H groups in total. The summed E-state index contributed by atoms with van der Waals surface area (Å²) in [5.41, 5.74) is 0. The molecule has 0 unspecified atom stereocenters. The third kappa shape index (κ3) is 2.35. The molecule has 8 heteroatoms. The minimum absolute atomic E-state index is 0.00518. The van der Waals surface area contributed by atoms with Crippen LogP contribution < -0.4 is 0 Å². The number of thioether (sulfide) groups is 3. The molecule has 0 spiro atoms. The van der Waals surface area contributed by atoms with Gasteiger partial charge in [0.05, 0.1) is 0 Å². The van der Waals surface area contributed by atoms with E-state index >= 15 is 0 Å².